The Labute approximate surface area is 374 Å². The number of hydrogen-bond donors (Lipinski definition) is 3. The molecule has 0 aromatic heterocycles. The van der Waals surface area contributed by atoms with Gasteiger partial charge in [0.25, 0.3) is 0 Å². The average molecular weight is 908 g/mol. The van der Waals surface area contributed by atoms with Crippen LogP contribution < -0.4 is 14.2 Å². The minimum absolute atomic E-state index is 0.555. The maximum absolute atomic E-state index is 10.6. The lowest BCUT2D eigenvalue weighted by atomic mass is 9.71. The van der Waals surface area contributed by atoms with E-state index in [-0.39, 0.29) is 0 Å². The van der Waals surface area contributed by atoms with Crippen LogP contribution in [0.2, 0.25) is 15.1 Å². The van der Waals surface area contributed by atoms with E-state index in [2.05, 4.69) is 6.92 Å². The molecule has 0 bridgehead atoms. The summed E-state index contributed by atoms with van der Waals surface area (Å²) in [6.45, 7) is 7.28. The van der Waals surface area contributed by atoms with Crippen molar-refractivity contribution in [2.75, 3.05) is 0 Å². The second-order valence-electron chi connectivity index (χ2n) is 14.1. The first-order valence-electron chi connectivity index (χ1n) is 18.9. The van der Waals surface area contributed by atoms with E-state index in [0.29, 0.717) is 32.3 Å². The first kappa shape index (κ1) is 45.1. The molecule has 0 aliphatic carbocycles. The van der Waals surface area contributed by atoms with Crippen LogP contribution in [-0.2, 0) is 5.41 Å². The number of hydrogen-bond acceptors (Lipinski definition) is 9. The Morgan fingerprint density at radius 1 is 0.390 bits per heavy atom. The van der Waals surface area contributed by atoms with Crippen LogP contribution in [0.3, 0.4) is 0 Å². The minimum Gasteiger partial charge on any atom is -0.477 e. The molecule has 0 spiro atoms. The van der Waals surface area contributed by atoms with Gasteiger partial charge < -0.3 is 29.5 Å². The summed E-state index contributed by atoms with van der Waals surface area (Å²) >= 11 is 22.5. The van der Waals surface area contributed by atoms with E-state index < -0.39 is 40.0 Å². The Kier molecular flexibility index (Phi) is 15.9. The van der Waals surface area contributed by atoms with Crippen LogP contribution in [0.1, 0.15) is 44.4 Å². The van der Waals surface area contributed by atoms with E-state index >= 15 is 0 Å². The van der Waals surface area contributed by atoms with Crippen molar-refractivity contribution >= 4 is 70.1 Å². The van der Waals surface area contributed by atoms with Gasteiger partial charge in [-0.25, -0.2) is 0 Å². The molecule has 6 nitrogen and oxygen atoms in total. The highest BCUT2D eigenvalue weighted by molar-refractivity contribution is 8.00. The number of halogens is 3. The molecule has 0 aliphatic rings. The Morgan fingerprint density at radius 2 is 0.610 bits per heavy atom. The number of thioether (sulfide) groups is 3. The van der Waals surface area contributed by atoms with Crippen LogP contribution >= 0.6 is 70.1 Å². The van der Waals surface area contributed by atoms with Crippen molar-refractivity contribution in [3.8, 4) is 17.2 Å². The molecule has 0 saturated carbocycles. The minimum atomic E-state index is -0.752. The van der Waals surface area contributed by atoms with Crippen molar-refractivity contribution in [2.45, 2.75) is 82.4 Å². The summed E-state index contributed by atoms with van der Waals surface area (Å²) in [5.74, 6) is 1.84. The number of aliphatic hydroxyl groups is 3. The second kappa shape index (κ2) is 20.9. The van der Waals surface area contributed by atoms with Gasteiger partial charge in [-0.05, 0) is 154 Å². The third-order valence-corrected chi connectivity index (χ3v) is 14.0. The van der Waals surface area contributed by atoms with Crippen LogP contribution in [-0.4, -0.2) is 49.9 Å². The van der Waals surface area contributed by atoms with E-state index in [1.807, 2.05) is 146 Å². The maximum Gasteiger partial charge on any atom is 0.174 e. The lowest BCUT2D eigenvalue weighted by Crippen LogP contribution is -2.27. The van der Waals surface area contributed by atoms with Crippen molar-refractivity contribution in [3.05, 3.63) is 177 Å². The Hall–Kier alpha value is -3.48. The molecule has 308 valence electrons. The number of benzene rings is 6. The predicted molar refractivity (Wildman–Crippen MR) is 245 cm³/mol. The molecule has 6 atom stereocenters. The zero-order chi connectivity index (χ0) is 42.1. The predicted octanol–water partition coefficient (Wildman–Crippen LogP) is 12.6. The van der Waals surface area contributed by atoms with E-state index in [4.69, 9.17) is 49.0 Å². The van der Waals surface area contributed by atoms with E-state index in [1.54, 1.807) is 20.8 Å². The first-order valence-corrected chi connectivity index (χ1v) is 22.7. The molecule has 12 heteroatoms. The summed E-state index contributed by atoms with van der Waals surface area (Å²) in [5.41, 5.74) is 0.644. The quantitative estimate of drug-likeness (QED) is 0.0443. The molecule has 6 rings (SSSR count). The molecule has 0 heterocycles. The molecule has 6 aromatic carbocycles. The highest BCUT2D eigenvalue weighted by Crippen LogP contribution is 2.42. The third-order valence-electron chi connectivity index (χ3n) is 9.43. The molecule has 6 unspecified atom stereocenters. The number of rotatable bonds is 18. The summed E-state index contributed by atoms with van der Waals surface area (Å²) in [4.78, 5) is 2.78. The van der Waals surface area contributed by atoms with Crippen molar-refractivity contribution in [3.63, 3.8) is 0 Å². The van der Waals surface area contributed by atoms with Gasteiger partial charge in [0.05, 0.1) is 18.3 Å². The van der Waals surface area contributed by atoms with Gasteiger partial charge in [-0.3, -0.25) is 0 Å². The third kappa shape index (κ3) is 12.3. The van der Waals surface area contributed by atoms with Crippen LogP contribution in [0.4, 0.5) is 0 Å². The Balaban J connectivity index is 1.28. The van der Waals surface area contributed by atoms with Crippen LogP contribution in [0, 0.1) is 0 Å². The Bertz CT molecular complexity index is 1950. The fourth-order valence-corrected chi connectivity index (χ4v) is 9.24. The van der Waals surface area contributed by atoms with Crippen LogP contribution in [0.25, 0.3) is 0 Å². The standard InChI is InChI=1S/C47H45Cl3O6S3/c1-29(51)44(57-41-23-11-35(48)12-24-41)54-38-17-5-32(6-18-38)47(4,33-7-19-39(20-8-33)55-45(30(2)52)58-42-25-13-36(49)14-26-42)34-9-21-40(22-10-34)56-46(31(3)53)59-43-27-15-37(50)16-28-43/h5-31,44-46,51-53H,1-4H3. The smallest absolute Gasteiger partial charge is 0.174 e. The zero-order valence-electron chi connectivity index (χ0n) is 32.7. The zero-order valence-corrected chi connectivity index (χ0v) is 37.5. The van der Waals surface area contributed by atoms with Gasteiger partial charge in [-0.15, -0.1) is 0 Å². The van der Waals surface area contributed by atoms with E-state index in [0.717, 1.165) is 31.4 Å². The monoisotopic (exact) mass is 906 g/mol. The highest BCUT2D eigenvalue weighted by atomic mass is 35.5. The van der Waals surface area contributed by atoms with Gasteiger partial charge in [-0.2, -0.15) is 0 Å². The van der Waals surface area contributed by atoms with Gasteiger partial charge in [0, 0.05) is 35.2 Å². The van der Waals surface area contributed by atoms with Crippen molar-refractivity contribution in [2.24, 2.45) is 0 Å². The molecule has 0 amide bonds. The Morgan fingerprint density at radius 3 is 0.814 bits per heavy atom. The molecule has 0 saturated heterocycles. The topological polar surface area (TPSA) is 88.4 Å². The summed E-state index contributed by atoms with van der Waals surface area (Å²) in [7, 11) is 0. The van der Waals surface area contributed by atoms with Gasteiger partial charge in [0.1, 0.15) is 17.2 Å². The molecule has 0 fully saturated rings. The maximum atomic E-state index is 10.6. The fraction of sp³-hybridized carbons (Fsp3) is 0.234. The van der Waals surface area contributed by atoms with Gasteiger partial charge in [-0.1, -0.05) is 106 Å². The first-order chi connectivity index (χ1) is 28.3. The lowest BCUT2D eigenvalue weighted by molar-refractivity contribution is 0.101. The fourth-order valence-electron chi connectivity index (χ4n) is 6.11. The molecule has 6 aromatic rings. The molecule has 59 heavy (non-hydrogen) atoms. The number of aliphatic hydroxyl groups excluding tert-OH is 3. The second-order valence-corrected chi connectivity index (χ2v) is 18.9. The normalized spacial score (nSPS) is 15.6. The molecular formula is C47H45Cl3O6S3. The molecule has 0 radical (unpaired) electrons. The van der Waals surface area contributed by atoms with E-state index in [1.165, 1.54) is 35.3 Å². The van der Waals surface area contributed by atoms with Crippen molar-refractivity contribution in [1.29, 1.82) is 0 Å². The lowest BCUT2D eigenvalue weighted by Gasteiger charge is -2.33. The van der Waals surface area contributed by atoms with Crippen molar-refractivity contribution < 1.29 is 29.5 Å². The number of ether oxygens (including phenoxy) is 3. The van der Waals surface area contributed by atoms with Crippen LogP contribution in [0.5, 0.6) is 17.2 Å². The summed E-state index contributed by atoms with van der Waals surface area (Å²) in [6.07, 6.45) is -2.26. The van der Waals surface area contributed by atoms with Gasteiger partial charge >= 0.3 is 0 Å². The van der Waals surface area contributed by atoms with Crippen LogP contribution in [0.15, 0.2) is 160 Å². The highest BCUT2D eigenvalue weighted by Gasteiger charge is 2.32. The van der Waals surface area contributed by atoms with Gasteiger partial charge in [0.2, 0.25) is 0 Å². The average Bonchev–Trinajstić information content (AvgIpc) is 3.23. The summed E-state index contributed by atoms with van der Waals surface area (Å²) in [6, 6.07) is 46.0. The SMILES string of the molecule is CC(O)C(Oc1ccc(C(C)(c2ccc(OC(Sc3ccc(Cl)cc3)C(C)O)cc2)c2ccc(OC(Sc3ccc(Cl)cc3)C(C)O)cc2)cc1)Sc1ccc(Cl)cc1. The molecule has 0 aliphatic heterocycles. The largest absolute Gasteiger partial charge is 0.477 e. The van der Waals surface area contributed by atoms with Gasteiger partial charge in [0.15, 0.2) is 16.3 Å². The summed E-state index contributed by atoms with van der Waals surface area (Å²) < 4.78 is 19.0. The van der Waals surface area contributed by atoms with Crippen molar-refractivity contribution in [1.82, 2.24) is 0 Å². The van der Waals surface area contributed by atoms with E-state index in [9.17, 15) is 15.3 Å². The molecule has 3 N–H and O–H groups in total. The molecular weight excluding hydrogens is 863 g/mol. The summed E-state index contributed by atoms with van der Waals surface area (Å²) in [5, 5.41) is 33.8.